The van der Waals surface area contributed by atoms with Crippen molar-refractivity contribution in [3.63, 3.8) is 0 Å². The van der Waals surface area contributed by atoms with E-state index in [0.29, 0.717) is 36.1 Å². The number of aromatic nitrogens is 2. The molecule has 0 atom stereocenters. The second-order valence-electron chi connectivity index (χ2n) is 7.45. The predicted octanol–water partition coefficient (Wildman–Crippen LogP) is 2.25. The molecule has 1 aliphatic heterocycles. The van der Waals surface area contributed by atoms with Crippen molar-refractivity contribution in [1.82, 2.24) is 14.7 Å². The lowest BCUT2D eigenvalue weighted by Crippen LogP contribution is -3.15. The molecule has 2 aromatic carbocycles. The van der Waals surface area contributed by atoms with Gasteiger partial charge in [0.1, 0.15) is 24.1 Å². The molecule has 156 valence electrons. The van der Waals surface area contributed by atoms with E-state index in [-0.39, 0.29) is 5.91 Å². The zero-order chi connectivity index (χ0) is 20.9. The van der Waals surface area contributed by atoms with E-state index in [1.54, 1.807) is 4.68 Å². The van der Waals surface area contributed by atoms with Crippen molar-refractivity contribution in [3.05, 3.63) is 77.1 Å². The summed E-state index contributed by atoms with van der Waals surface area (Å²) in [6.07, 6.45) is 0. The van der Waals surface area contributed by atoms with Gasteiger partial charge >= 0.3 is 0 Å². The van der Waals surface area contributed by atoms with Gasteiger partial charge in [-0.25, -0.2) is 4.68 Å². The largest absolute Gasteiger partial charge is 0.488 e. The van der Waals surface area contributed by atoms with Crippen molar-refractivity contribution in [3.8, 4) is 11.4 Å². The molecule has 1 aromatic heterocycles. The van der Waals surface area contributed by atoms with Gasteiger partial charge in [0.25, 0.3) is 5.91 Å². The van der Waals surface area contributed by atoms with Crippen LogP contribution in [0.25, 0.3) is 5.69 Å². The van der Waals surface area contributed by atoms with Gasteiger partial charge in [0.15, 0.2) is 0 Å². The highest BCUT2D eigenvalue weighted by atomic mass is 35.5. The Morgan fingerprint density at radius 2 is 1.70 bits per heavy atom. The number of hydrogen-bond acceptors (Lipinski definition) is 3. The summed E-state index contributed by atoms with van der Waals surface area (Å²) in [5, 5.41) is 4.87. The Hall–Kier alpha value is -2.83. The summed E-state index contributed by atoms with van der Waals surface area (Å²) in [5.41, 5.74) is 1.99. The molecule has 0 bridgehead atoms. The molecular weight excluding hydrogens is 400 g/mol. The number of nitrogens with one attached hydrogen (secondary N) is 1. The molecule has 1 saturated heterocycles. The molecule has 0 radical (unpaired) electrons. The number of para-hydroxylation sites is 2. The number of rotatable bonds is 6. The molecule has 0 unspecified atom stereocenters. The van der Waals surface area contributed by atoms with Crippen LogP contribution >= 0.6 is 11.6 Å². The molecule has 1 fully saturated rings. The Kier molecular flexibility index (Phi) is 6.35. The fourth-order valence-corrected chi connectivity index (χ4v) is 4.10. The Morgan fingerprint density at radius 3 is 2.37 bits per heavy atom. The number of halogens is 1. The standard InChI is InChI=1S/C23H25ClN4O2/c1-18-21(22(24)28(25-18)19-8-4-2-5-9-19)23(29)27-14-12-26(13-15-27)16-17-30-20-10-6-3-7-11-20/h2-11H,12-17H2,1H3/p+1. The number of benzene rings is 2. The van der Waals surface area contributed by atoms with Gasteiger partial charge in [-0.15, -0.1) is 0 Å². The molecular formula is C23H26ClN4O2+. The molecule has 1 amide bonds. The van der Waals surface area contributed by atoms with Crippen LogP contribution in [0.1, 0.15) is 16.1 Å². The summed E-state index contributed by atoms with van der Waals surface area (Å²) in [4.78, 5) is 16.5. The van der Waals surface area contributed by atoms with Crippen molar-refractivity contribution in [2.45, 2.75) is 6.92 Å². The molecule has 6 nitrogen and oxygen atoms in total. The van der Waals surface area contributed by atoms with Crippen LogP contribution < -0.4 is 9.64 Å². The van der Waals surface area contributed by atoms with Crippen molar-refractivity contribution in [2.24, 2.45) is 0 Å². The van der Waals surface area contributed by atoms with E-state index in [2.05, 4.69) is 5.10 Å². The SMILES string of the molecule is Cc1nn(-c2ccccc2)c(Cl)c1C(=O)N1CC[NH+](CCOc2ccccc2)CC1. The van der Waals surface area contributed by atoms with E-state index in [4.69, 9.17) is 16.3 Å². The number of amides is 1. The number of aryl methyl sites for hydroxylation is 1. The maximum atomic E-state index is 13.1. The van der Waals surface area contributed by atoms with Gasteiger partial charge in [0.05, 0.1) is 43.1 Å². The van der Waals surface area contributed by atoms with E-state index < -0.39 is 0 Å². The number of carbonyl (C=O) groups is 1. The van der Waals surface area contributed by atoms with Crippen molar-refractivity contribution in [1.29, 1.82) is 0 Å². The quantitative estimate of drug-likeness (QED) is 0.659. The first kappa shape index (κ1) is 20.4. The third-order valence-corrected chi connectivity index (χ3v) is 5.79. The fourth-order valence-electron chi connectivity index (χ4n) is 3.75. The molecule has 4 rings (SSSR count). The Bertz CT molecular complexity index is 983. The summed E-state index contributed by atoms with van der Waals surface area (Å²) in [5.74, 6) is 0.852. The smallest absolute Gasteiger partial charge is 0.259 e. The maximum absolute atomic E-state index is 13.1. The fraction of sp³-hybridized carbons (Fsp3) is 0.304. The number of carbonyl (C=O) groups excluding carboxylic acids is 1. The number of piperazine rings is 1. The van der Waals surface area contributed by atoms with Crippen molar-refractivity contribution >= 4 is 17.5 Å². The van der Waals surface area contributed by atoms with Gasteiger partial charge in [0, 0.05) is 0 Å². The van der Waals surface area contributed by atoms with Crippen LogP contribution in [0.3, 0.4) is 0 Å². The van der Waals surface area contributed by atoms with Crippen LogP contribution in [0.5, 0.6) is 5.75 Å². The van der Waals surface area contributed by atoms with Crippen LogP contribution in [-0.4, -0.2) is 59.9 Å². The second kappa shape index (κ2) is 9.32. The summed E-state index contributed by atoms with van der Waals surface area (Å²) < 4.78 is 7.43. The first-order valence-electron chi connectivity index (χ1n) is 10.2. The van der Waals surface area contributed by atoms with Crippen LogP contribution in [0.4, 0.5) is 0 Å². The van der Waals surface area contributed by atoms with Gasteiger partial charge in [0.2, 0.25) is 0 Å². The third-order valence-electron chi connectivity index (χ3n) is 5.44. The predicted molar refractivity (Wildman–Crippen MR) is 117 cm³/mol. The highest BCUT2D eigenvalue weighted by Gasteiger charge is 2.29. The molecule has 0 saturated carbocycles. The van der Waals surface area contributed by atoms with Gasteiger partial charge in [-0.2, -0.15) is 5.10 Å². The van der Waals surface area contributed by atoms with Gasteiger partial charge in [-0.05, 0) is 31.2 Å². The molecule has 0 aliphatic carbocycles. The first-order chi connectivity index (χ1) is 14.6. The molecule has 1 aliphatic rings. The van der Waals surface area contributed by atoms with E-state index in [9.17, 15) is 4.79 Å². The minimum atomic E-state index is -0.0423. The molecule has 0 spiro atoms. The van der Waals surface area contributed by atoms with Crippen LogP contribution in [-0.2, 0) is 0 Å². The lowest BCUT2D eigenvalue weighted by atomic mass is 10.2. The summed E-state index contributed by atoms with van der Waals surface area (Å²) in [6, 6.07) is 19.5. The van der Waals surface area contributed by atoms with Gasteiger partial charge in [-0.1, -0.05) is 48.0 Å². The van der Waals surface area contributed by atoms with Gasteiger partial charge < -0.3 is 14.5 Å². The van der Waals surface area contributed by atoms with Crippen molar-refractivity contribution < 1.29 is 14.4 Å². The number of quaternary nitrogens is 1. The zero-order valence-electron chi connectivity index (χ0n) is 17.1. The van der Waals surface area contributed by atoms with E-state index >= 15 is 0 Å². The van der Waals surface area contributed by atoms with Crippen LogP contribution in [0, 0.1) is 6.92 Å². The topological polar surface area (TPSA) is 51.8 Å². The average Bonchev–Trinajstić information content (AvgIpc) is 3.09. The highest BCUT2D eigenvalue weighted by Crippen LogP contribution is 2.24. The molecule has 2 heterocycles. The number of hydrogen-bond donors (Lipinski definition) is 1. The van der Waals surface area contributed by atoms with E-state index in [1.165, 1.54) is 4.90 Å². The minimum absolute atomic E-state index is 0.0423. The lowest BCUT2D eigenvalue weighted by Gasteiger charge is -2.32. The van der Waals surface area contributed by atoms with Crippen LogP contribution in [0.15, 0.2) is 60.7 Å². The zero-order valence-corrected chi connectivity index (χ0v) is 17.8. The molecule has 7 heteroatoms. The van der Waals surface area contributed by atoms with E-state index in [0.717, 1.165) is 31.1 Å². The Morgan fingerprint density at radius 1 is 1.07 bits per heavy atom. The maximum Gasteiger partial charge on any atom is 0.259 e. The highest BCUT2D eigenvalue weighted by molar-refractivity contribution is 6.33. The van der Waals surface area contributed by atoms with E-state index in [1.807, 2.05) is 72.5 Å². The van der Waals surface area contributed by atoms with Crippen LogP contribution in [0.2, 0.25) is 5.15 Å². The number of nitrogens with zero attached hydrogens (tertiary/aromatic N) is 3. The first-order valence-corrected chi connectivity index (χ1v) is 10.6. The number of ether oxygens (including phenoxy) is 1. The summed E-state index contributed by atoms with van der Waals surface area (Å²) in [7, 11) is 0. The average molecular weight is 426 g/mol. The third kappa shape index (κ3) is 4.50. The molecule has 30 heavy (non-hydrogen) atoms. The van der Waals surface area contributed by atoms with Gasteiger partial charge in [-0.3, -0.25) is 4.79 Å². The second-order valence-corrected chi connectivity index (χ2v) is 7.81. The Balaban J connectivity index is 1.34. The lowest BCUT2D eigenvalue weighted by molar-refractivity contribution is -0.903. The molecule has 1 N–H and O–H groups in total. The Labute approximate surface area is 181 Å². The van der Waals surface area contributed by atoms with Crippen molar-refractivity contribution in [2.75, 3.05) is 39.3 Å². The minimum Gasteiger partial charge on any atom is -0.488 e. The monoisotopic (exact) mass is 425 g/mol. The normalized spacial score (nSPS) is 14.7. The summed E-state index contributed by atoms with van der Waals surface area (Å²) in [6.45, 7) is 6.62. The molecule has 3 aromatic rings. The summed E-state index contributed by atoms with van der Waals surface area (Å²) >= 11 is 6.56.